The van der Waals surface area contributed by atoms with Crippen molar-refractivity contribution >= 4 is 22.8 Å². The Morgan fingerprint density at radius 2 is 1.78 bits per heavy atom. The van der Waals surface area contributed by atoms with Crippen LogP contribution in [0.3, 0.4) is 0 Å². The lowest BCUT2D eigenvalue weighted by atomic mass is 10.2. The van der Waals surface area contributed by atoms with Gasteiger partial charge in [-0.15, -0.1) is 10.2 Å². The van der Waals surface area contributed by atoms with E-state index < -0.39 is 0 Å². The molecule has 0 aliphatic carbocycles. The molecule has 2 aromatic heterocycles. The highest BCUT2D eigenvalue weighted by Gasteiger charge is 2.11. The third-order valence-corrected chi connectivity index (χ3v) is 4.81. The number of para-hydroxylation sites is 2. The molecule has 2 heterocycles. The van der Waals surface area contributed by atoms with Crippen LogP contribution in [0.4, 0.5) is 0 Å². The molecule has 2 aromatic carbocycles. The molecule has 4 aromatic rings. The van der Waals surface area contributed by atoms with E-state index in [1.165, 1.54) is 11.8 Å². The molecule has 0 N–H and O–H groups in total. The van der Waals surface area contributed by atoms with Gasteiger partial charge in [0.1, 0.15) is 5.75 Å². The fourth-order valence-corrected chi connectivity index (χ4v) is 3.38. The Balaban J connectivity index is 1.39. The fourth-order valence-electron chi connectivity index (χ4n) is 2.60. The Labute approximate surface area is 161 Å². The van der Waals surface area contributed by atoms with E-state index in [2.05, 4.69) is 20.2 Å². The van der Waals surface area contributed by atoms with Crippen LogP contribution in [-0.2, 0) is 12.4 Å². The predicted molar refractivity (Wildman–Crippen MR) is 104 cm³/mol. The molecule has 0 fully saturated rings. The van der Waals surface area contributed by atoms with E-state index in [0.717, 1.165) is 33.7 Å². The molecule has 0 amide bonds. The topological polar surface area (TPSA) is 73.9 Å². The summed E-state index contributed by atoms with van der Waals surface area (Å²) in [6.07, 6.45) is 0. The van der Waals surface area contributed by atoms with E-state index in [9.17, 15) is 0 Å². The van der Waals surface area contributed by atoms with E-state index in [1.807, 2.05) is 62.4 Å². The van der Waals surface area contributed by atoms with Crippen molar-refractivity contribution < 1.29 is 9.15 Å². The van der Waals surface area contributed by atoms with E-state index in [1.54, 1.807) is 0 Å². The Kier molecular flexibility index (Phi) is 5.02. The second-order valence-corrected chi connectivity index (χ2v) is 7.03. The van der Waals surface area contributed by atoms with Crippen LogP contribution >= 0.6 is 11.8 Å². The molecule has 0 radical (unpaired) electrons. The number of hydrogen-bond acceptors (Lipinski definition) is 7. The van der Waals surface area contributed by atoms with Crippen molar-refractivity contribution in [2.45, 2.75) is 31.4 Å². The van der Waals surface area contributed by atoms with Gasteiger partial charge in [0.25, 0.3) is 11.1 Å². The van der Waals surface area contributed by atoms with Gasteiger partial charge in [-0.25, -0.2) is 9.97 Å². The third-order valence-electron chi connectivity index (χ3n) is 3.98. The lowest BCUT2D eigenvalue weighted by Gasteiger charge is -2.05. The molecule has 0 unspecified atom stereocenters. The summed E-state index contributed by atoms with van der Waals surface area (Å²) in [6, 6.07) is 15.7. The van der Waals surface area contributed by atoms with E-state index in [-0.39, 0.29) is 6.61 Å². The van der Waals surface area contributed by atoms with Crippen molar-refractivity contribution in [3.8, 4) is 5.75 Å². The van der Waals surface area contributed by atoms with Gasteiger partial charge in [0.15, 0.2) is 6.61 Å². The number of aromatic nitrogens is 4. The quantitative estimate of drug-likeness (QED) is 0.457. The standard InChI is InChI=1S/C20H18N4O2S/c1-13-6-5-7-15(10-13)25-11-19-23-24-20(26-19)27-12-18-14(2)21-16-8-3-4-9-17(16)22-18/h3-10H,11-12H2,1-2H3. The molecular formula is C20H18N4O2S. The highest BCUT2D eigenvalue weighted by atomic mass is 32.2. The first-order valence-electron chi connectivity index (χ1n) is 8.54. The van der Waals surface area contributed by atoms with Gasteiger partial charge in [0.2, 0.25) is 0 Å². The molecule has 0 bridgehead atoms. The van der Waals surface area contributed by atoms with Gasteiger partial charge in [-0.2, -0.15) is 0 Å². The second kappa shape index (κ2) is 7.75. The summed E-state index contributed by atoms with van der Waals surface area (Å²) in [5.74, 6) is 1.84. The van der Waals surface area contributed by atoms with Gasteiger partial charge < -0.3 is 9.15 Å². The number of hydrogen-bond donors (Lipinski definition) is 0. The summed E-state index contributed by atoms with van der Waals surface area (Å²) in [5.41, 5.74) is 4.74. The molecule has 6 nitrogen and oxygen atoms in total. The summed E-state index contributed by atoms with van der Waals surface area (Å²) < 4.78 is 11.3. The van der Waals surface area contributed by atoms with Gasteiger partial charge in [-0.05, 0) is 43.7 Å². The first-order chi connectivity index (χ1) is 13.2. The number of thioether (sulfide) groups is 1. The minimum Gasteiger partial charge on any atom is -0.484 e. The largest absolute Gasteiger partial charge is 0.484 e. The second-order valence-electron chi connectivity index (χ2n) is 6.10. The first-order valence-corrected chi connectivity index (χ1v) is 9.53. The van der Waals surface area contributed by atoms with Gasteiger partial charge in [0, 0.05) is 5.75 Å². The molecule has 0 saturated carbocycles. The Hall–Kier alpha value is -2.93. The smallest absolute Gasteiger partial charge is 0.277 e. The lowest BCUT2D eigenvalue weighted by Crippen LogP contribution is -1.97. The van der Waals surface area contributed by atoms with Crippen LogP contribution in [0.1, 0.15) is 22.8 Å². The molecule has 0 spiro atoms. The number of ether oxygens (including phenoxy) is 1. The van der Waals surface area contributed by atoms with Gasteiger partial charge in [-0.1, -0.05) is 36.0 Å². The average molecular weight is 378 g/mol. The van der Waals surface area contributed by atoms with Gasteiger partial charge in [0.05, 0.1) is 22.4 Å². The van der Waals surface area contributed by atoms with Crippen molar-refractivity contribution in [1.29, 1.82) is 0 Å². The van der Waals surface area contributed by atoms with Crippen LogP contribution < -0.4 is 4.74 Å². The van der Waals surface area contributed by atoms with Crippen LogP contribution in [0.25, 0.3) is 11.0 Å². The van der Waals surface area contributed by atoms with Crippen molar-refractivity contribution in [2.24, 2.45) is 0 Å². The molecule has 4 rings (SSSR count). The van der Waals surface area contributed by atoms with E-state index >= 15 is 0 Å². The summed E-state index contributed by atoms with van der Waals surface area (Å²) in [5, 5.41) is 8.60. The van der Waals surface area contributed by atoms with Crippen molar-refractivity contribution in [3.63, 3.8) is 0 Å². The maximum Gasteiger partial charge on any atom is 0.277 e. The van der Waals surface area contributed by atoms with Crippen LogP contribution in [0.2, 0.25) is 0 Å². The molecule has 0 aliphatic rings. The SMILES string of the molecule is Cc1cccc(OCc2nnc(SCc3nc4ccccc4nc3C)o2)c1. The third kappa shape index (κ3) is 4.25. The Bertz CT molecular complexity index is 1080. The normalized spacial score (nSPS) is 11.0. The van der Waals surface area contributed by atoms with Crippen LogP contribution in [-0.4, -0.2) is 20.2 Å². The lowest BCUT2D eigenvalue weighted by molar-refractivity contribution is 0.252. The molecule has 27 heavy (non-hydrogen) atoms. The number of fused-ring (bicyclic) bond motifs is 1. The highest BCUT2D eigenvalue weighted by molar-refractivity contribution is 7.98. The van der Waals surface area contributed by atoms with Crippen LogP contribution in [0.15, 0.2) is 58.2 Å². The molecule has 0 atom stereocenters. The maximum absolute atomic E-state index is 5.69. The molecule has 136 valence electrons. The molecular weight excluding hydrogens is 360 g/mol. The van der Waals surface area contributed by atoms with Crippen molar-refractivity contribution in [1.82, 2.24) is 20.2 Å². The van der Waals surface area contributed by atoms with Gasteiger partial charge in [-0.3, -0.25) is 0 Å². The molecule has 0 saturated heterocycles. The van der Waals surface area contributed by atoms with E-state index in [0.29, 0.717) is 16.9 Å². The zero-order valence-electron chi connectivity index (χ0n) is 15.0. The van der Waals surface area contributed by atoms with Crippen molar-refractivity contribution in [2.75, 3.05) is 0 Å². The number of benzene rings is 2. The fraction of sp³-hybridized carbons (Fsp3) is 0.200. The average Bonchev–Trinajstić information content (AvgIpc) is 3.13. The predicted octanol–water partition coefficient (Wildman–Crippen LogP) is 4.50. The number of nitrogens with zero attached hydrogens (tertiary/aromatic N) is 4. The minimum absolute atomic E-state index is 0.242. The van der Waals surface area contributed by atoms with Gasteiger partial charge >= 0.3 is 0 Å². The summed E-state index contributed by atoms with van der Waals surface area (Å²) in [7, 11) is 0. The summed E-state index contributed by atoms with van der Waals surface area (Å²) in [4.78, 5) is 9.28. The zero-order valence-corrected chi connectivity index (χ0v) is 15.9. The maximum atomic E-state index is 5.69. The number of aryl methyl sites for hydroxylation is 2. The van der Waals surface area contributed by atoms with E-state index in [4.69, 9.17) is 9.15 Å². The highest BCUT2D eigenvalue weighted by Crippen LogP contribution is 2.23. The summed E-state index contributed by atoms with van der Waals surface area (Å²) in [6.45, 7) is 4.22. The van der Waals surface area contributed by atoms with Crippen molar-refractivity contribution in [3.05, 3.63) is 71.4 Å². The number of rotatable bonds is 6. The molecule has 7 heteroatoms. The molecule has 0 aliphatic heterocycles. The van der Waals surface area contributed by atoms with Crippen LogP contribution in [0, 0.1) is 13.8 Å². The first kappa shape index (κ1) is 17.5. The minimum atomic E-state index is 0.242. The Morgan fingerprint density at radius 1 is 0.963 bits per heavy atom. The zero-order chi connectivity index (χ0) is 18.6. The van der Waals surface area contributed by atoms with Crippen LogP contribution in [0.5, 0.6) is 5.75 Å². The monoisotopic (exact) mass is 378 g/mol. The summed E-state index contributed by atoms with van der Waals surface area (Å²) >= 11 is 1.44. The Morgan fingerprint density at radius 3 is 2.59 bits per heavy atom.